The molecule has 16 heteroatoms. The molecule has 15 nitrogen and oxygen atoms in total. The summed E-state index contributed by atoms with van der Waals surface area (Å²) >= 11 is 0. The molecular formula is C39H52N6O9S. The number of carbonyl (C=O) groups is 5. The van der Waals surface area contributed by atoms with E-state index in [0.29, 0.717) is 25.3 Å². The van der Waals surface area contributed by atoms with Gasteiger partial charge in [-0.15, -0.1) is 6.58 Å². The lowest BCUT2D eigenvalue weighted by Gasteiger charge is -2.36. The second kappa shape index (κ2) is 15.6. The monoisotopic (exact) mass is 780 g/mol. The molecule has 0 aromatic heterocycles. The van der Waals surface area contributed by atoms with Gasteiger partial charge in [-0.05, 0) is 74.4 Å². The zero-order chi connectivity index (χ0) is 40.5. The number of fused-ring (bicyclic) bond motifs is 1. The predicted molar refractivity (Wildman–Crippen MR) is 203 cm³/mol. The Morgan fingerprint density at radius 3 is 2.22 bits per heavy atom. The summed E-state index contributed by atoms with van der Waals surface area (Å²) in [7, 11) is -2.92. The first-order valence-electron chi connectivity index (χ1n) is 18.2. The zero-order valence-corrected chi connectivity index (χ0v) is 33.2. The highest BCUT2D eigenvalue weighted by Crippen LogP contribution is 2.45. The van der Waals surface area contributed by atoms with Gasteiger partial charge in [-0.25, -0.2) is 22.7 Å². The van der Waals surface area contributed by atoms with E-state index < -0.39 is 80.5 Å². The number of sulfonamides is 1. The van der Waals surface area contributed by atoms with Gasteiger partial charge in [0, 0.05) is 31.0 Å². The van der Waals surface area contributed by atoms with E-state index in [4.69, 9.17) is 9.47 Å². The van der Waals surface area contributed by atoms with Gasteiger partial charge in [-0.3, -0.25) is 14.4 Å². The Morgan fingerprint density at radius 2 is 1.64 bits per heavy atom. The molecular weight excluding hydrogens is 729 g/mol. The fourth-order valence-corrected chi connectivity index (χ4v) is 7.97. The summed E-state index contributed by atoms with van der Waals surface area (Å²) in [5.74, 6) is -2.53. The Labute approximate surface area is 322 Å². The van der Waals surface area contributed by atoms with Gasteiger partial charge in [-0.2, -0.15) is 0 Å². The highest BCUT2D eigenvalue weighted by Gasteiger charge is 2.61. The normalized spacial score (nSPS) is 22.7. The number of hydrogen-bond acceptors (Lipinski definition) is 9. The molecule has 6 amide bonds. The van der Waals surface area contributed by atoms with Gasteiger partial charge in [0.1, 0.15) is 29.5 Å². The van der Waals surface area contributed by atoms with Gasteiger partial charge in [0.25, 0.3) is 15.9 Å². The summed E-state index contributed by atoms with van der Waals surface area (Å²) < 4.78 is 39.6. The first-order chi connectivity index (χ1) is 25.7. The first kappa shape index (κ1) is 41.1. The van der Waals surface area contributed by atoms with Gasteiger partial charge in [-0.1, -0.05) is 51.1 Å². The first-order valence-corrected chi connectivity index (χ1v) is 19.7. The lowest BCUT2D eigenvalue weighted by molar-refractivity contribution is -0.142. The number of rotatable bonds is 10. The third-order valence-electron chi connectivity index (χ3n) is 10.0. The molecule has 0 spiro atoms. The van der Waals surface area contributed by atoms with Crippen LogP contribution in [0.15, 0.2) is 66.1 Å². The molecule has 0 bridgehead atoms. The number of urea groups is 1. The highest BCUT2D eigenvalue weighted by molar-refractivity contribution is 7.90. The minimum Gasteiger partial charge on any atom is -0.497 e. The summed E-state index contributed by atoms with van der Waals surface area (Å²) in [6.07, 6.45) is 0.524. The van der Waals surface area contributed by atoms with Crippen molar-refractivity contribution in [2.75, 3.05) is 20.2 Å². The number of methoxy groups -OCH3 is 1. The SMILES string of the molecule is C=CC1C[C@]1(NC(=O)[C@@H]1C[C@@H](OC(=O)N2CCc3ccccc3C2)CN1C(=O)[C@@H](NC(=O)NC(C)(C)C)C(C)(C)C)C(=O)NS(=O)(=O)c1ccc(OC)cc1. The van der Waals surface area contributed by atoms with Crippen LogP contribution in [-0.4, -0.2) is 97.5 Å². The molecule has 4 N–H and O–H groups in total. The van der Waals surface area contributed by atoms with Crippen molar-refractivity contribution in [2.24, 2.45) is 11.3 Å². The average molecular weight is 781 g/mol. The van der Waals surface area contributed by atoms with Crippen LogP contribution in [-0.2, 0) is 42.1 Å². The van der Waals surface area contributed by atoms with Crippen LogP contribution in [0.5, 0.6) is 5.75 Å². The number of carbonyl (C=O) groups excluding carboxylic acids is 5. The molecule has 1 saturated heterocycles. The molecule has 2 fully saturated rings. The topological polar surface area (TPSA) is 193 Å². The van der Waals surface area contributed by atoms with Crippen LogP contribution >= 0.6 is 0 Å². The Bertz CT molecular complexity index is 1940. The van der Waals surface area contributed by atoms with E-state index in [9.17, 15) is 32.4 Å². The molecule has 5 rings (SSSR count). The maximum absolute atomic E-state index is 14.5. The van der Waals surface area contributed by atoms with E-state index >= 15 is 0 Å². The third kappa shape index (κ3) is 9.40. The van der Waals surface area contributed by atoms with Crippen LogP contribution < -0.4 is 25.4 Å². The van der Waals surface area contributed by atoms with Crippen molar-refractivity contribution in [3.63, 3.8) is 0 Å². The standard InChI is InChI=1S/C39H52N6O9S/c1-9-26-21-39(26,34(48)43-55(51,52)29-16-14-27(53-8)15-17-29)41-32(46)30-20-28(54-36(50)44-19-18-24-12-10-11-13-25(24)22-44)23-45(30)33(47)31(37(2,3)4)40-35(49)42-38(5,6)7/h9-17,26,28,30-31H,1,18-23H2,2-8H3,(H,41,46)(H,43,48)(H2,40,42,49)/t26?,28-,30+,31-,39-/m1/s1. The van der Waals surface area contributed by atoms with Gasteiger partial charge in [0.05, 0.1) is 18.6 Å². The van der Waals surface area contributed by atoms with Crippen LogP contribution in [0.1, 0.15) is 65.5 Å². The molecule has 0 radical (unpaired) electrons. The summed E-state index contributed by atoms with van der Waals surface area (Å²) in [4.78, 5) is 71.7. The highest BCUT2D eigenvalue weighted by atomic mass is 32.2. The molecule has 2 aromatic rings. The van der Waals surface area contributed by atoms with Crippen LogP contribution in [0.4, 0.5) is 9.59 Å². The number of amides is 6. The molecule has 1 aliphatic carbocycles. The summed E-state index contributed by atoms with van der Waals surface area (Å²) in [6.45, 7) is 15.1. The van der Waals surface area contributed by atoms with E-state index in [1.54, 1.807) is 46.4 Å². The number of likely N-dealkylation sites (tertiary alicyclic amines) is 1. The maximum Gasteiger partial charge on any atom is 0.410 e. The number of nitrogens with zero attached hydrogens (tertiary/aromatic N) is 2. The Morgan fingerprint density at radius 1 is 0.982 bits per heavy atom. The Kier molecular flexibility index (Phi) is 11.6. The molecule has 2 aliphatic heterocycles. The number of ether oxygens (including phenoxy) is 2. The van der Waals surface area contributed by atoms with Crippen LogP contribution in [0.25, 0.3) is 0 Å². The van der Waals surface area contributed by atoms with Crippen molar-refractivity contribution in [1.82, 2.24) is 30.5 Å². The summed E-state index contributed by atoms with van der Waals surface area (Å²) in [6, 6.07) is 10.3. The summed E-state index contributed by atoms with van der Waals surface area (Å²) in [5.41, 5.74) is -0.980. The van der Waals surface area contributed by atoms with Crippen LogP contribution in [0, 0.1) is 11.3 Å². The van der Waals surface area contributed by atoms with Crippen LogP contribution in [0.3, 0.4) is 0 Å². The molecule has 2 heterocycles. The fraction of sp³-hybridized carbons (Fsp3) is 0.513. The predicted octanol–water partition coefficient (Wildman–Crippen LogP) is 3.24. The van der Waals surface area contributed by atoms with Crippen molar-refractivity contribution in [1.29, 1.82) is 0 Å². The second-order valence-electron chi connectivity index (χ2n) is 16.5. The van der Waals surface area contributed by atoms with Crippen molar-refractivity contribution in [3.05, 3.63) is 72.3 Å². The molecule has 298 valence electrons. The van der Waals surface area contributed by atoms with Crippen molar-refractivity contribution in [2.45, 2.75) is 102 Å². The van der Waals surface area contributed by atoms with E-state index in [2.05, 4.69) is 27.3 Å². The van der Waals surface area contributed by atoms with E-state index in [1.807, 2.05) is 24.3 Å². The number of hydrogen-bond donors (Lipinski definition) is 4. The van der Waals surface area contributed by atoms with Gasteiger partial charge >= 0.3 is 12.1 Å². The number of nitrogens with one attached hydrogen (secondary N) is 4. The Hall–Kier alpha value is -5.12. The van der Waals surface area contributed by atoms with E-state index in [-0.39, 0.29) is 24.3 Å². The fourth-order valence-electron chi connectivity index (χ4n) is 6.93. The smallest absolute Gasteiger partial charge is 0.410 e. The molecule has 2 aromatic carbocycles. The van der Waals surface area contributed by atoms with Crippen LogP contribution in [0.2, 0.25) is 0 Å². The van der Waals surface area contributed by atoms with Gasteiger partial charge < -0.3 is 35.2 Å². The van der Waals surface area contributed by atoms with Gasteiger partial charge in [0.2, 0.25) is 11.8 Å². The van der Waals surface area contributed by atoms with E-state index in [0.717, 1.165) is 11.1 Å². The molecule has 3 aliphatic rings. The molecule has 1 saturated carbocycles. The zero-order valence-electron chi connectivity index (χ0n) is 32.4. The van der Waals surface area contributed by atoms with Gasteiger partial charge in [0.15, 0.2) is 0 Å². The minimum atomic E-state index is -4.36. The minimum absolute atomic E-state index is 0.0564. The quantitative estimate of drug-likeness (QED) is 0.262. The molecule has 5 atom stereocenters. The van der Waals surface area contributed by atoms with Crippen molar-refractivity contribution >= 4 is 39.9 Å². The van der Waals surface area contributed by atoms with Crippen molar-refractivity contribution in [3.8, 4) is 5.75 Å². The molecule has 1 unspecified atom stereocenters. The largest absolute Gasteiger partial charge is 0.497 e. The Balaban J connectivity index is 1.39. The summed E-state index contributed by atoms with van der Waals surface area (Å²) in [5, 5.41) is 8.30. The third-order valence-corrected chi connectivity index (χ3v) is 11.4. The second-order valence-corrected chi connectivity index (χ2v) is 18.1. The molecule has 55 heavy (non-hydrogen) atoms. The lowest BCUT2D eigenvalue weighted by atomic mass is 9.85. The van der Waals surface area contributed by atoms with E-state index in [1.165, 1.54) is 42.4 Å². The number of benzene rings is 2. The van der Waals surface area contributed by atoms with Crippen molar-refractivity contribution < 1.29 is 41.9 Å². The average Bonchev–Trinajstić information content (AvgIpc) is 3.67. The lowest BCUT2D eigenvalue weighted by Crippen LogP contribution is -2.61. The maximum atomic E-state index is 14.5.